The van der Waals surface area contributed by atoms with E-state index in [1.165, 1.54) is 6.04 Å². The lowest BCUT2D eigenvalue weighted by atomic mass is 10.8. The summed E-state index contributed by atoms with van der Waals surface area (Å²) in [5.41, 5.74) is 0. The van der Waals surface area contributed by atoms with Gasteiger partial charge < -0.3 is 0 Å². The zero-order valence-corrected chi connectivity index (χ0v) is 8.33. The largest absolute Gasteiger partial charge is 0.0803 e. The Morgan fingerprint density at radius 2 is 1.88 bits per heavy atom. The number of allylic oxidation sites excluding steroid dienone is 1. The average Bonchev–Trinajstić information content (AvgIpc) is 1.59. The minimum Gasteiger partial charge on any atom is -0.0803 e. The van der Waals surface area contributed by atoms with E-state index in [1.807, 2.05) is 4.99 Å². The Labute approximate surface area is 61.1 Å². The molecule has 0 N–H and O–H groups in total. The van der Waals surface area contributed by atoms with Crippen LogP contribution in [0, 0.1) is 0 Å². The fourth-order valence-electron chi connectivity index (χ4n) is 0.398. The minimum absolute atomic E-state index is 0.795. The molecule has 0 aliphatic heterocycles. The van der Waals surface area contributed by atoms with E-state index >= 15 is 0 Å². The van der Waals surface area contributed by atoms with Gasteiger partial charge in [0.15, 0.2) is 0 Å². The summed E-state index contributed by atoms with van der Waals surface area (Å²) in [7, 11) is -0.795. The summed E-state index contributed by atoms with van der Waals surface area (Å²) < 4.78 is 0. The minimum atomic E-state index is -0.795. The molecule has 0 saturated heterocycles. The average molecular weight is 193 g/mol. The molecule has 0 atom stereocenters. The van der Waals surface area contributed by atoms with Crippen molar-refractivity contribution in [1.29, 1.82) is 0 Å². The number of rotatable bonds is 2. The van der Waals surface area contributed by atoms with Crippen LogP contribution < -0.4 is 0 Å². The predicted molar refractivity (Wildman–Crippen MR) is 46.2 cm³/mol. The molecule has 0 radical (unpaired) electrons. The van der Waals surface area contributed by atoms with E-state index in [0.717, 1.165) is 0 Å². The predicted octanol–water partition coefficient (Wildman–Crippen LogP) is 3.23. The molecule has 0 amide bonds. The van der Waals surface area contributed by atoms with Crippen LogP contribution >= 0.6 is 15.9 Å². The third-order valence-corrected chi connectivity index (χ3v) is 2.65. The molecular formula is C6H13BrSi. The van der Waals surface area contributed by atoms with Crippen LogP contribution in [0.25, 0.3) is 0 Å². The standard InChI is InChI=1S/C6H13BrSi/c1-8(2,3)6-4-5-7/h4-5H,6H2,1-3H3/b5-4+. The van der Waals surface area contributed by atoms with Crippen LogP contribution in [0.1, 0.15) is 0 Å². The summed E-state index contributed by atoms with van der Waals surface area (Å²) in [4.78, 5) is 1.95. The van der Waals surface area contributed by atoms with Gasteiger partial charge in [0.1, 0.15) is 0 Å². The summed E-state index contributed by atoms with van der Waals surface area (Å²) >= 11 is 3.24. The zero-order valence-electron chi connectivity index (χ0n) is 5.74. The fourth-order valence-corrected chi connectivity index (χ4v) is 1.76. The molecule has 0 rings (SSSR count). The Kier molecular flexibility index (Phi) is 3.65. The maximum atomic E-state index is 3.24. The first-order valence-corrected chi connectivity index (χ1v) is 7.44. The molecule has 0 unspecified atom stereocenters. The molecule has 0 heterocycles. The second kappa shape index (κ2) is 3.46. The second-order valence-electron chi connectivity index (χ2n) is 3.13. The smallest absolute Gasteiger partial charge is 0.0480 e. The molecule has 0 aromatic carbocycles. The van der Waals surface area contributed by atoms with Gasteiger partial charge in [-0.15, -0.1) is 0 Å². The zero-order chi connectivity index (χ0) is 6.62. The van der Waals surface area contributed by atoms with Gasteiger partial charge in [0.2, 0.25) is 0 Å². The highest BCUT2D eigenvalue weighted by Gasteiger charge is 2.08. The molecule has 0 spiro atoms. The molecule has 8 heavy (non-hydrogen) atoms. The van der Waals surface area contributed by atoms with Crippen LogP contribution in [0.5, 0.6) is 0 Å². The van der Waals surface area contributed by atoms with Crippen molar-refractivity contribution in [3.05, 3.63) is 11.1 Å². The van der Waals surface area contributed by atoms with Gasteiger partial charge >= 0.3 is 0 Å². The van der Waals surface area contributed by atoms with Crippen molar-refractivity contribution >= 4 is 24.0 Å². The number of hydrogen-bond acceptors (Lipinski definition) is 0. The molecular weight excluding hydrogens is 180 g/mol. The summed E-state index contributed by atoms with van der Waals surface area (Å²) in [5, 5.41) is 0. The highest BCUT2D eigenvalue weighted by atomic mass is 79.9. The van der Waals surface area contributed by atoms with Crippen LogP contribution in [0.15, 0.2) is 11.1 Å². The Morgan fingerprint density at radius 3 is 2.00 bits per heavy atom. The normalized spacial score (nSPS) is 13.0. The summed E-state index contributed by atoms with van der Waals surface area (Å²) in [6.07, 6.45) is 2.19. The molecule has 0 nitrogen and oxygen atoms in total. The van der Waals surface area contributed by atoms with Gasteiger partial charge in [-0.05, 0) is 11.0 Å². The first-order valence-electron chi connectivity index (χ1n) is 2.81. The topological polar surface area (TPSA) is 0 Å². The molecule has 0 fully saturated rings. The lowest BCUT2D eigenvalue weighted by Gasteiger charge is -2.10. The lowest BCUT2D eigenvalue weighted by Crippen LogP contribution is -2.17. The molecule has 0 saturated carbocycles. The van der Waals surface area contributed by atoms with E-state index in [4.69, 9.17) is 0 Å². The summed E-state index contributed by atoms with van der Waals surface area (Å²) in [5.74, 6) is 0. The van der Waals surface area contributed by atoms with E-state index in [1.54, 1.807) is 0 Å². The van der Waals surface area contributed by atoms with Gasteiger partial charge in [0, 0.05) is 8.07 Å². The Bertz CT molecular complexity index is 81.0. The monoisotopic (exact) mass is 192 g/mol. The van der Waals surface area contributed by atoms with Crippen LogP contribution in [0.4, 0.5) is 0 Å². The third kappa shape index (κ3) is 6.44. The third-order valence-electron chi connectivity index (χ3n) is 0.819. The Morgan fingerprint density at radius 1 is 1.38 bits per heavy atom. The van der Waals surface area contributed by atoms with E-state index in [0.29, 0.717) is 0 Å². The highest BCUT2D eigenvalue weighted by molar-refractivity contribution is 9.11. The molecule has 0 aliphatic carbocycles. The van der Waals surface area contributed by atoms with Gasteiger partial charge in [-0.2, -0.15) is 0 Å². The molecule has 0 aromatic rings. The highest BCUT2D eigenvalue weighted by Crippen LogP contribution is 2.08. The van der Waals surface area contributed by atoms with Crippen molar-refractivity contribution in [1.82, 2.24) is 0 Å². The van der Waals surface area contributed by atoms with Gasteiger partial charge in [-0.1, -0.05) is 41.6 Å². The van der Waals surface area contributed by atoms with Crippen LogP contribution in [-0.4, -0.2) is 8.07 Å². The van der Waals surface area contributed by atoms with E-state index in [-0.39, 0.29) is 0 Å². The van der Waals surface area contributed by atoms with Crippen molar-refractivity contribution in [3.8, 4) is 0 Å². The van der Waals surface area contributed by atoms with Crippen LogP contribution in [0.2, 0.25) is 25.7 Å². The number of halogens is 1. The van der Waals surface area contributed by atoms with Gasteiger partial charge in [0.05, 0.1) is 0 Å². The fraction of sp³-hybridized carbons (Fsp3) is 0.667. The van der Waals surface area contributed by atoms with Crippen molar-refractivity contribution in [2.75, 3.05) is 0 Å². The lowest BCUT2D eigenvalue weighted by molar-refractivity contribution is 1.52. The van der Waals surface area contributed by atoms with Crippen molar-refractivity contribution in [2.24, 2.45) is 0 Å². The summed E-state index contributed by atoms with van der Waals surface area (Å²) in [6.45, 7) is 7.08. The molecule has 0 aliphatic rings. The van der Waals surface area contributed by atoms with Gasteiger partial charge in [-0.3, -0.25) is 0 Å². The molecule has 48 valence electrons. The Hall–Kier alpha value is 0.437. The second-order valence-corrected chi connectivity index (χ2v) is 9.18. The van der Waals surface area contributed by atoms with E-state index in [2.05, 4.69) is 41.6 Å². The SMILES string of the molecule is C[Si](C)(C)C/C=C/Br. The molecule has 2 heteroatoms. The van der Waals surface area contributed by atoms with Gasteiger partial charge in [-0.25, -0.2) is 0 Å². The first-order chi connectivity index (χ1) is 3.56. The van der Waals surface area contributed by atoms with Crippen molar-refractivity contribution in [3.63, 3.8) is 0 Å². The Balaban J connectivity index is 3.39. The summed E-state index contributed by atoms with van der Waals surface area (Å²) in [6, 6.07) is 1.28. The van der Waals surface area contributed by atoms with E-state index in [9.17, 15) is 0 Å². The first kappa shape index (κ1) is 8.44. The number of hydrogen-bond donors (Lipinski definition) is 0. The van der Waals surface area contributed by atoms with Crippen molar-refractivity contribution in [2.45, 2.75) is 25.7 Å². The maximum absolute atomic E-state index is 3.24. The quantitative estimate of drug-likeness (QED) is 0.590. The van der Waals surface area contributed by atoms with Crippen LogP contribution in [0.3, 0.4) is 0 Å². The van der Waals surface area contributed by atoms with Crippen LogP contribution in [-0.2, 0) is 0 Å². The maximum Gasteiger partial charge on any atom is 0.0480 e. The van der Waals surface area contributed by atoms with Gasteiger partial charge in [0.25, 0.3) is 0 Å². The molecule has 0 aromatic heterocycles. The molecule has 0 bridgehead atoms. The van der Waals surface area contributed by atoms with E-state index < -0.39 is 8.07 Å². The van der Waals surface area contributed by atoms with Crippen molar-refractivity contribution < 1.29 is 0 Å².